The summed E-state index contributed by atoms with van der Waals surface area (Å²) in [6.45, 7) is 0. The highest BCUT2D eigenvalue weighted by Crippen LogP contribution is 2.49. The summed E-state index contributed by atoms with van der Waals surface area (Å²) in [4.78, 5) is 0. The Bertz CT molecular complexity index is 2990. The molecular formula is C45H27N3S. The number of para-hydroxylation sites is 3. The molecule has 1 aliphatic rings. The molecule has 10 rings (SSSR count). The predicted octanol–water partition coefficient (Wildman–Crippen LogP) is 11.7. The summed E-state index contributed by atoms with van der Waals surface area (Å²) in [5.41, 5.74) is 9.88. The zero-order valence-electron chi connectivity index (χ0n) is 26.4. The molecule has 6 aromatic carbocycles. The highest BCUT2D eigenvalue weighted by atomic mass is 32.1. The summed E-state index contributed by atoms with van der Waals surface area (Å²) in [6, 6.07) is 48.0. The molecule has 0 spiro atoms. The van der Waals surface area contributed by atoms with Gasteiger partial charge in [-0.1, -0.05) is 84.8 Å². The Morgan fingerprint density at radius 1 is 0.612 bits per heavy atom. The number of allylic oxidation sites excluding steroid dienone is 4. The average molecular weight is 642 g/mol. The van der Waals surface area contributed by atoms with E-state index in [9.17, 15) is 5.26 Å². The van der Waals surface area contributed by atoms with Crippen molar-refractivity contribution in [1.82, 2.24) is 9.13 Å². The molecule has 0 fully saturated rings. The van der Waals surface area contributed by atoms with E-state index in [-0.39, 0.29) is 5.92 Å². The number of nitrogens with zero attached hydrogens (tertiary/aromatic N) is 3. The second kappa shape index (κ2) is 10.6. The molecule has 3 aromatic heterocycles. The quantitative estimate of drug-likeness (QED) is 0.177. The molecule has 0 bridgehead atoms. The van der Waals surface area contributed by atoms with E-state index in [4.69, 9.17) is 6.42 Å². The summed E-state index contributed by atoms with van der Waals surface area (Å²) in [5, 5.41) is 17.5. The van der Waals surface area contributed by atoms with Crippen molar-refractivity contribution in [2.45, 2.75) is 12.3 Å². The van der Waals surface area contributed by atoms with E-state index in [1.54, 1.807) is 0 Å². The summed E-state index contributed by atoms with van der Waals surface area (Å²) in [7, 11) is 0. The van der Waals surface area contributed by atoms with Crippen molar-refractivity contribution in [2.24, 2.45) is 0 Å². The SMILES string of the molecule is C#Cc1ccc2c(c1)c1ccccc1n2C1=CC=C(C#N)CC1c1cccc2c1sc1c2ccc2c1c1ccccc1n2-c1ccccc1. The van der Waals surface area contributed by atoms with Crippen molar-refractivity contribution in [3.8, 4) is 24.1 Å². The van der Waals surface area contributed by atoms with Crippen molar-refractivity contribution < 1.29 is 0 Å². The standard InChI is InChI=1S/C45H27N3S/c1-2-28-19-22-40-36(25-28)31-13-6-8-17-38(31)48(40)41-23-20-29(27-46)26-37(41)33-16-10-15-32-34-21-24-42-43(45(34)49-44(32)33)35-14-7-9-18-39(35)47(42)30-11-4-3-5-12-30/h1,3-25,37H,26H2. The monoisotopic (exact) mass is 641 g/mol. The molecule has 0 N–H and O–H groups in total. The van der Waals surface area contributed by atoms with Crippen LogP contribution in [-0.4, -0.2) is 9.13 Å². The van der Waals surface area contributed by atoms with Gasteiger partial charge in [0.05, 0.1) is 28.1 Å². The van der Waals surface area contributed by atoms with E-state index in [0.29, 0.717) is 6.42 Å². The van der Waals surface area contributed by atoms with Gasteiger partial charge in [0, 0.05) is 70.2 Å². The van der Waals surface area contributed by atoms with Crippen molar-refractivity contribution >= 4 is 80.8 Å². The average Bonchev–Trinajstić information content (AvgIpc) is 3.82. The summed E-state index contributed by atoms with van der Waals surface area (Å²) in [6.07, 6.45) is 10.6. The van der Waals surface area contributed by atoms with E-state index in [1.165, 1.54) is 52.9 Å². The molecule has 0 saturated carbocycles. The lowest BCUT2D eigenvalue weighted by Gasteiger charge is -2.26. The minimum Gasteiger partial charge on any atom is -0.312 e. The lowest BCUT2D eigenvalue weighted by atomic mass is 9.85. The van der Waals surface area contributed by atoms with Gasteiger partial charge in [0.2, 0.25) is 0 Å². The van der Waals surface area contributed by atoms with Crippen molar-refractivity contribution in [1.29, 1.82) is 5.26 Å². The largest absolute Gasteiger partial charge is 0.312 e. The van der Waals surface area contributed by atoms with Gasteiger partial charge in [-0.3, -0.25) is 0 Å². The van der Waals surface area contributed by atoms with Crippen LogP contribution >= 0.6 is 11.3 Å². The van der Waals surface area contributed by atoms with Gasteiger partial charge in [-0.25, -0.2) is 0 Å². The third-order valence-corrected chi connectivity index (χ3v) is 11.5. The lowest BCUT2D eigenvalue weighted by Crippen LogP contribution is -2.12. The fourth-order valence-electron chi connectivity index (χ4n) is 8.08. The van der Waals surface area contributed by atoms with E-state index in [1.807, 2.05) is 23.5 Å². The number of aromatic nitrogens is 2. The molecule has 9 aromatic rings. The smallest absolute Gasteiger partial charge is 0.0947 e. The summed E-state index contributed by atoms with van der Waals surface area (Å²) in [5.74, 6) is 2.79. The van der Waals surface area contributed by atoms with Crippen LogP contribution in [0.15, 0.2) is 145 Å². The van der Waals surface area contributed by atoms with Gasteiger partial charge in [-0.2, -0.15) is 5.26 Å². The molecule has 3 nitrogen and oxygen atoms in total. The Balaban J connectivity index is 1.25. The van der Waals surface area contributed by atoms with Crippen LogP contribution in [-0.2, 0) is 0 Å². The number of rotatable bonds is 3. The zero-order valence-corrected chi connectivity index (χ0v) is 27.2. The predicted molar refractivity (Wildman–Crippen MR) is 206 cm³/mol. The maximum atomic E-state index is 10.1. The maximum absolute atomic E-state index is 10.1. The van der Waals surface area contributed by atoms with Gasteiger partial charge in [0.25, 0.3) is 0 Å². The normalized spacial score (nSPS) is 14.9. The molecule has 1 atom stereocenters. The highest BCUT2D eigenvalue weighted by Gasteiger charge is 2.28. The lowest BCUT2D eigenvalue weighted by molar-refractivity contribution is 0.819. The number of benzene rings is 6. The molecule has 3 heterocycles. The first-order valence-electron chi connectivity index (χ1n) is 16.5. The Morgan fingerprint density at radius 3 is 2.12 bits per heavy atom. The molecule has 0 amide bonds. The van der Waals surface area contributed by atoms with Crippen LogP contribution < -0.4 is 0 Å². The van der Waals surface area contributed by atoms with Crippen molar-refractivity contribution in [3.05, 3.63) is 156 Å². The molecule has 1 unspecified atom stereocenters. The molecular weight excluding hydrogens is 615 g/mol. The van der Waals surface area contributed by atoms with Crippen molar-refractivity contribution in [3.63, 3.8) is 0 Å². The first-order valence-corrected chi connectivity index (χ1v) is 17.3. The number of nitriles is 1. The zero-order chi connectivity index (χ0) is 32.6. The number of hydrogen-bond donors (Lipinski definition) is 0. The Morgan fingerprint density at radius 2 is 1.31 bits per heavy atom. The number of fused-ring (bicyclic) bond motifs is 10. The Labute approximate surface area is 286 Å². The minimum absolute atomic E-state index is 0.0242. The van der Waals surface area contributed by atoms with Crippen LogP contribution in [0.25, 0.3) is 75.2 Å². The summed E-state index contributed by atoms with van der Waals surface area (Å²) >= 11 is 1.88. The van der Waals surface area contributed by atoms with E-state index >= 15 is 0 Å². The first kappa shape index (κ1) is 27.8. The second-order valence-electron chi connectivity index (χ2n) is 12.7. The van der Waals surface area contributed by atoms with Crippen LogP contribution in [0.5, 0.6) is 0 Å². The third-order valence-electron chi connectivity index (χ3n) is 10.2. The van der Waals surface area contributed by atoms with E-state index < -0.39 is 0 Å². The topological polar surface area (TPSA) is 33.6 Å². The van der Waals surface area contributed by atoms with Crippen LogP contribution in [0.4, 0.5) is 0 Å². The minimum atomic E-state index is -0.0242. The van der Waals surface area contributed by atoms with Gasteiger partial charge >= 0.3 is 0 Å². The molecule has 49 heavy (non-hydrogen) atoms. The molecule has 1 aliphatic carbocycles. The first-order chi connectivity index (χ1) is 24.2. The molecule has 228 valence electrons. The fourth-order valence-corrected chi connectivity index (χ4v) is 9.50. The fraction of sp³-hybridized carbons (Fsp3) is 0.0444. The van der Waals surface area contributed by atoms with Gasteiger partial charge in [0.1, 0.15) is 0 Å². The third kappa shape index (κ3) is 3.96. The van der Waals surface area contributed by atoms with Crippen LogP contribution in [0.3, 0.4) is 0 Å². The van der Waals surface area contributed by atoms with Crippen molar-refractivity contribution in [2.75, 3.05) is 0 Å². The Hall–Kier alpha value is -6.33. The van der Waals surface area contributed by atoms with Crippen LogP contribution in [0, 0.1) is 23.7 Å². The van der Waals surface area contributed by atoms with Gasteiger partial charge in [0.15, 0.2) is 0 Å². The van der Waals surface area contributed by atoms with E-state index in [0.717, 1.165) is 38.9 Å². The van der Waals surface area contributed by atoms with E-state index in [2.05, 4.69) is 149 Å². The molecule has 0 radical (unpaired) electrons. The maximum Gasteiger partial charge on any atom is 0.0947 e. The van der Waals surface area contributed by atoms with Gasteiger partial charge in [-0.05, 0) is 72.7 Å². The second-order valence-corrected chi connectivity index (χ2v) is 13.8. The van der Waals surface area contributed by atoms with Gasteiger partial charge in [-0.15, -0.1) is 17.8 Å². The number of terminal acetylenes is 1. The molecule has 4 heteroatoms. The number of hydrogen-bond acceptors (Lipinski definition) is 2. The number of thiophene rings is 1. The highest BCUT2D eigenvalue weighted by molar-refractivity contribution is 7.27. The Kier molecular flexibility index (Phi) is 6.00. The van der Waals surface area contributed by atoms with Crippen LogP contribution in [0.1, 0.15) is 23.5 Å². The molecule has 0 aliphatic heterocycles. The molecule has 0 saturated heterocycles. The van der Waals surface area contributed by atoms with Crippen LogP contribution in [0.2, 0.25) is 0 Å². The van der Waals surface area contributed by atoms with Gasteiger partial charge < -0.3 is 9.13 Å². The summed E-state index contributed by atoms with van der Waals surface area (Å²) < 4.78 is 7.33.